The molecule has 0 radical (unpaired) electrons. The molecular formula is C15H19BO5. The van der Waals surface area contributed by atoms with Crippen molar-refractivity contribution in [2.45, 2.75) is 45.0 Å². The maximum Gasteiger partial charge on any atom is 0.492 e. The first-order valence-corrected chi connectivity index (χ1v) is 7.39. The van der Waals surface area contributed by atoms with Gasteiger partial charge in [-0.2, -0.15) is 0 Å². The minimum atomic E-state index is -1.00. The number of rotatable bonds is 4. The van der Waals surface area contributed by atoms with Crippen molar-refractivity contribution in [1.82, 2.24) is 0 Å². The number of hydrogen-bond acceptors (Lipinski definition) is 5. The molecule has 0 bridgehead atoms. The highest BCUT2D eigenvalue weighted by Gasteiger charge is 2.36. The van der Waals surface area contributed by atoms with Crippen LogP contribution in [-0.2, 0) is 14.2 Å². The number of fused-ring (bicyclic) bond motifs is 1. The van der Waals surface area contributed by atoms with Crippen molar-refractivity contribution in [3.8, 4) is 5.75 Å². The van der Waals surface area contributed by atoms with E-state index >= 15 is 0 Å². The van der Waals surface area contributed by atoms with Gasteiger partial charge in [-0.15, -0.1) is 0 Å². The van der Waals surface area contributed by atoms with E-state index in [0.717, 1.165) is 43.3 Å². The molecule has 1 fully saturated rings. The SMILES string of the molecule is Cc1cc(OC2CCCCO2)cc2c1C(CC=O)OB2O. The summed E-state index contributed by atoms with van der Waals surface area (Å²) in [6.45, 7) is 2.66. The topological polar surface area (TPSA) is 65.0 Å². The van der Waals surface area contributed by atoms with Crippen LogP contribution in [0.4, 0.5) is 0 Å². The second kappa shape index (κ2) is 6.18. The van der Waals surface area contributed by atoms with E-state index in [1.165, 1.54) is 0 Å². The molecule has 0 amide bonds. The van der Waals surface area contributed by atoms with E-state index in [2.05, 4.69) is 0 Å². The van der Waals surface area contributed by atoms with Crippen LogP contribution in [0.25, 0.3) is 0 Å². The Morgan fingerprint density at radius 2 is 2.33 bits per heavy atom. The summed E-state index contributed by atoms with van der Waals surface area (Å²) in [4.78, 5) is 10.7. The standard InChI is InChI=1S/C15H19BO5/c1-10-8-11(20-14-4-2-3-7-19-14)9-12-15(10)13(5-6-17)21-16(12)18/h6,8-9,13-14,18H,2-5,7H2,1H3. The van der Waals surface area contributed by atoms with Gasteiger partial charge in [0.2, 0.25) is 0 Å². The van der Waals surface area contributed by atoms with Crippen molar-refractivity contribution >= 4 is 18.9 Å². The molecule has 0 aliphatic carbocycles. The number of benzene rings is 1. The number of hydrogen-bond donors (Lipinski definition) is 1. The zero-order valence-electron chi connectivity index (χ0n) is 12.1. The lowest BCUT2D eigenvalue weighted by molar-refractivity contribution is -0.109. The predicted octanol–water partition coefficient (Wildman–Crippen LogP) is 1.25. The molecule has 2 aliphatic rings. The fourth-order valence-corrected chi connectivity index (χ4v) is 3.02. The minimum Gasteiger partial charge on any atom is -0.465 e. The lowest BCUT2D eigenvalue weighted by Crippen LogP contribution is -2.30. The number of carbonyl (C=O) groups excluding carboxylic acids is 1. The summed E-state index contributed by atoms with van der Waals surface area (Å²) in [6.07, 6.45) is 3.52. The van der Waals surface area contributed by atoms with Gasteiger partial charge >= 0.3 is 7.12 Å². The van der Waals surface area contributed by atoms with Crippen LogP contribution in [0.1, 0.15) is 42.9 Å². The molecule has 1 aromatic carbocycles. The normalized spacial score (nSPS) is 24.8. The zero-order valence-corrected chi connectivity index (χ0v) is 12.1. The van der Waals surface area contributed by atoms with Gasteiger partial charge < -0.3 is 23.9 Å². The van der Waals surface area contributed by atoms with Crippen LogP contribution in [0.5, 0.6) is 5.75 Å². The molecule has 6 heteroatoms. The van der Waals surface area contributed by atoms with Gasteiger partial charge in [0.25, 0.3) is 0 Å². The molecule has 112 valence electrons. The highest BCUT2D eigenvalue weighted by atomic mass is 16.7. The largest absolute Gasteiger partial charge is 0.492 e. The Labute approximate surface area is 124 Å². The monoisotopic (exact) mass is 290 g/mol. The Morgan fingerprint density at radius 1 is 1.48 bits per heavy atom. The van der Waals surface area contributed by atoms with Gasteiger partial charge in [-0.1, -0.05) is 0 Å². The molecule has 2 atom stereocenters. The van der Waals surface area contributed by atoms with Crippen molar-refractivity contribution < 1.29 is 23.9 Å². The molecule has 2 unspecified atom stereocenters. The molecule has 2 aliphatic heterocycles. The summed E-state index contributed by atoms with van der Waals surface area (Å²) in [5.41, 5.74) is 2.54. The molecule has 21 heavy (non-hydrogen) atoms. The summed E-state index contributed by atoms with van der Waals surface area (Å²) in [6, 6.07) is 3.70. The lowest BCUT2D eigenvalue weighted by atomic mass is 9.77. The van der Waals surface area contributed by atoms with E-state index in [1.54, 1.807) is 6.07 Å². The molecule has 1 saturated heterocycles. The number of carbonyl (C=O) groups is 1. The molecule has 0 spiro atoms. The van der Waals surface area contributed by atoms with Crippen molar-refractivity contribution in [1.29, 1.82) is 0 Å². The highest BCUT2D eigenvalue weighted by Crippen LogP contribution is 2.31. The average Bonchev–Trinajstić information content (AvgIpc) is 2.77. The summed E-state index contributed by atoms with van der Waals surface area (Å²) >= 11 is 0. The van der Waals surface area contributed by atoms with E-state index in [4.69, 9.17) is 14.1 Å². The van der Waals surface area contributed by atoms with E-state index in [1.807, 2.05) is 13.0 Å². The van der Waals surface area contributed by atoms with Crippen LogP contribution in [0.15, 0.2) is 12.1 Å². The first-order valence-electron chi connectivity index (χ1n) is 7.39. The van der Waals surface area contributed by atoms with Crippen molar-refractivity contribution in [2.24, 2.45) is 0 Å². The average molecular weight is 290 g/mol. The second-order valence-corrected chi connectivity index (χ2v) is 5.54. The molecule has 1 aromatic rings. The smallest absolute Gasteiger partial charge is 0.465 e. The van der Waals surface area contributed by atoms with Gasteiger partial charge in [-0.3, -0.25) is 0 Å². The summed E-state index contributed by atoms with van der Waals surface area (Å²) in [5.74, 6) is 0.674. The predicted molar refractivity (Wildman–Crippen MR) is 77.5 cm³/mol. The highest BCUT2D eigenvalue weighted by molar-refractivity contribution is 6.62. The Balaban J connectivity index is 1.83. The Bertz CT molecular complexity index is 527. The number of ether oxygens (including phenoxy) is 2. The second-order valence-electron chi connectivity index (χ2n) is 5.54. The zero-order chi connectivity index (χ0) is 14.8. The molecule has 3 rings (SSSR count). The van der Waals surface area contributed by atoms with Crippen LogP contribution < -0.4 is 10.2 Å². The lowest BCUT2D eigenvalue weighted by Gasteiger charge is -2.24. The molecule has 0 saturated carbocycles. The minimum absolute atomic E-state index is 0.221. The molecule has 2 heterocycles. The van der Waals surface area contributed by atoms with Crippen molar-refractivity contribution in [3.05, 3.63) is 23.3 Å². The Hall–Kier alpha value is -1.37. The molecule has 5 nitrogen and oxygen atoms in total. The van der Waals surface area contributed by atoms with E-state index in [9.17, 15) is 9.82 Å². The van der Waals surface area contributed by atoms with Gasteiger partial charge in [0.05, 0.1) is 12.7 Å². The third kappa shape index (κ3) is 2.97. The molecular weight excluding hydrogens is 271 g/mol. The number of aldehydes is 1. The Morgan fingerprint density at radius 3 is 3.05 bits per heavy atom. The summed E-state index contributed by atoms with van der Waals surface area (Å²) in [5, 5.41) is 10.0. The molecule has 1 N–H and O–H groups in total. The fraction of sp³-hybridized carbons (Fsp3) is 0.533. The van der Waals surface area contributed by atoms with Gasteiger partial charge in [-0.25, -0.2) is 0 Å². The number of aryl methyl sites for hydroxylation is 1. The maximum atomic E-state index is 10.7. The Kier molecular flexibility index (Phi) is 4.28. The van der Waals surface area contributed by atoms with Crippen molar-refractivity contribution in [3.63, 3.8) is 0 Å². The third-order valence-electron chi connectivity index (χ3n) is 3.99. The van der Waals surface area contributed by atoms with E-state index in [-0.39, 0.29) is 18.8 Å². The van der Waals surface area contributed by atoms with Gasteiger partial charge in [0.15, 0.2) is 6.29 Å². The summed E-state index contributed by atoms with van der Waals surface area (Å²) < 4.78 is 16.8. The van der Waals surface area contributed by atoms with Crippen LogP contribution in [0, 0.1) is 6.92 Å². The maximum absolute atomic E-state index is 10.7. The van der Waals surface area contributed by atoms with Gasteiger partial charge in [-0.05, 0) is 48.5 Å². The van der Waals surface area contributed by atoms with Gasteiger partial charge in [0.1, 0.15) is 12.0 Å². The van der Waals surface area contributed by atoms with Gasteiger partial charge in [0, 0.05) is 12.8 Å². The third-order valence-corrected chi connectivity index (χ3v) is 3.99. The molecule has 0 aromatic heterocycles. The fourth-order valence-electron chi connectivity index (χ4n) is 3.02. The van der Waals surface area contributed by atoms with Crippen molar-refractivity contribution in [2.75, 3.05) is 6.61 Å². The van der Waals surface area contributed by atoms with Crippen LogP contribution >= 0.6 is 0 Å². The first-order chi connectivity index (χ1) is 10.2. The van der Waals surface area contributed by atoms with E-state index < -0.39 is 7.12 Å². The van der Waals surface area contributed by atoms with Crippen LogP contribution in [0.2, 0.25) is 0 Å². The van der Waals surface area contributed by atoms with E-state index in [0.29, 0.717) is 11.2 Å². The van der Waals surface area contributed by atoms with Crippen LogP contribution in [0.3, 0.4) is 0 Å². The summed E-state index contributed by atoms with van der Waals surface area (Å²) in [7, 11) is -1.00. The first kappa shape index (κ1) is 14.6. The van der Waals surface area contributed by atoms with Crippen LogP contribution in [-0.4, -0.2) is 31.3 Å². The quantitative estimate of drug-likeness (QED) is 0.668.